The van der Waals surface area contributed by atoms with E-state index >= 15 is 0 Å². The number of anilines is 1. The number of sulfonamides is 1. The van der Waals surface area contributed by atoms with E-state index in [1.54, 1.807) is 19.2 Å². The van der Waals surface area contributed by atoms with Gasteiger partial charge in [-0.3, -0.25) is 4.79 Å². The zero-order valence-corrected chi connectivity index (χ0v) is 19.8. The van der Waals surface area contributed by atoms with Gasteiger partial charge in [0.15, 0.2) is 11.5 Å². The van der Waals surface area contributed by atoms with E-state index in [1.165, 1.54) is 41.3 Å². The molecule has 4 rings (SSSR count). The number of phenolic OH excluding ortho intramolecular Hbond substituents is 2. The Morgan fingerprint density at radius 3 is 2.26 bits per heavy atom. The summed E-state index contributed by atoms with van der Waals surface area (Å²) in [6, 6.07) is 16.5. The van der Waals surface area contributed by atoms with Gasteiger partial charge in [0.05, 0.1) is 9.92 Å². The van der Waals surface area contributed by atoms with Gasteiger partial charge in [0, 0.05) is 24.9 Å². The van der Waals surface area contributed by atoms with Crippen molar-refractivity contribution in [3.05, 3.63) is 88.5 Å². The Bertz CT molecular complexity index is 1320. The molecule has 3 N–H and O–H groups in total. The van der Waals surface area contributed by atoms with E-state index in [1.807, 2.05) is 24.3 Å². The van der Waals surface area contributed by atoms with Crippen LogP contribution in [0.3, 0.4) is 0 Å². The van der Waals surface area contributed by atoms with Gasteiger partial charge in [-0.1, -0.05) is 35.9 Å². The Morgan fingerprint density at radius 2 is 1.68 bits per heavy atom. The number of nitrogens with zero attached hydrogens (tertiary/aromatic N) is 1. The van der Waals surface area contributed by atoms with Crippen LogP contribution in [0.2, 0.25) is 5.02 Å². The van der Waals surface area contributed by atoms with Gasteiger partial charge in [-0.05, 0) is 72.0 Å². The highest BCUT2D eigenvalue weighted by molar-refractivity contribution is 7.89. The molecule has 0 aromatic heterocycles. The Labute approximate surface area is 203 Å². The van der Waals surface area contributed by atoms with Crippen molar-refractivity contribution < 1.29 is 23.4 Å². The van der Waals surface area contributed by atoms with Crippen LogP contribution >= 0.6 is 11.6 Å². The third-order valence-electron chi connectivity index (χ3n) is 5.72. The molecular formula is C25H23ClN2O5S. The molecule has 3 aromatic carbocycles. The number of likely N-dealkylation sites (N-methyl/N-ethyl adjacent to an activating group) is 1. The van der Waals surface area contributed by atoms with E-state index in [4.69, 9.17) is 11.6 Å². The van der Waals surface area contributed by atoms with Crippen molar-refractivity contribution in [3.8, 4) is 11.5 Å². The van der Waals surface area contributed by atoms with Gasteiger partial charge < -0.3 is 15.1 Å². The van der Waals surface area contributed by atoms with Crippen molar-refractivity contribution in [1.29, 1.82) is 0 Å². The standard InChI is InChI=1S/C25H23ClN2O5S/c1-28(24(30)11-6-16-12-22(26)25(31)23(29)13-16)20-7-9-21(10-8-20)34(32,33)27-19-14-17-4-2-3-5-18(17)15-19/h2-13,19,27,29,31H,14-15H2,1H3/b11-6+. The van der Waals surface area contributed by atoms with E-state index in [0.29, 0.717) is 24.1 Å². The van der Waals surface area contributed by atoms with Gasteiger partial charge in [-0.25, -0.2) is 13.1 Å². The second-order valence-electron chi connectivity index (χ2n) is 8.09. The van der Waals surface area contributed by atoms with E-state index < -0.39 is 15.8 Å². The highest BCUT2D eigenvalue weighted by atomic mass is 35.5. The molecule has 0 atom stereocenters. The highest BCUT2D eigenvalue weighted by Crippen LogP contribution is 2.34. The third kappa shape index (κ3) is 5.09. The molecule has 0 saturated carbocycles. The minimum atomic E-state index is -3.71. The van der Waals surface area contributed by atoms with Crippen LogP contribution in [0, 0.1) is 0 Å². The second kappa shape index (κ2) is 9.50. The zero-order chi connectivity index (χ0) is 24.5. The molecule has 0 radical (unpaired) electrons. The van der Waals surface area contributed by atoms with Crippen molar-refractivity contribution in [2.45, 2.75) is 23.8 Å². The third-order valence-corrected chi connectivity index (χ3v) is 7.55. The maximum atomic E-state index is 12.8. The van der Waals surface area contributed by atoms with Crippen LogP contribution in [-0.2, 0) is 27.7 Å². The van der Waals surface area contributed by atoms with Gasteiger partial charge >= 0.3 is 0 Å². The Hall–Kier alpha value is -3.33. The predicted octanol–water partition coefficient (Wildman–Crippen LogP) is 3.87. The SMILES string of the molecule is CN(C(=O)/C=C/c1cc(O)c(O)c(Cl)c1)c1ccc(S(=O)(=O)NC2Cc3ccccc3C2)cc1. The van der Waals surface area contributed by atoms with Gasteiger partial charge in [0.1, 0.15) is 0 Å². The van der Waals surface area contributed by atoms with Crippen molar-refractivity contribution >= 4 is 39.3 Å². The van der Waals surface area contributed by atoms with Crippen LogP contribution in [0.1, 0.15) is 16.7 Å². The average Bonchev–Trinajstić information content (AvgIpc) is 3.22. The number of fused-ring (bicyclic) bond motifs is 1. The number of hydrogen-bond acceptors (Lipinski definition) is 5. The van der Waals surface area contributed by atoms with Crippen LogP contribution < -0.4 is 9.62 Å². The minimum Gasteiger partial charge on any atom is -0.504 e. The van der Waals surface area contributed by atoms with E-state index in [0.717, 1.165) is 11.1 Å². The summed E-state index contributed by atoms with van der Waals surface area (Å²) in [5, 5.41) is 19.1. The Balaban J connectivity index is 1.42. The normalized spacial score (nSPS) is 13.8. The molecule has 0 spiro atoms. The fourth-order valence-electron chi connectivity index (χ4n) is 3.89. The van der Waals surface area contributed by atoms with Crippen LogP contribution in [0.4, 0.5) is 5.69 Å². The highest BCUT2D eigenvalue weighted by Gasteiger charge is 2.26. The summed E-state index contributed by atoms with van der Waals surface area (Å²) in [6.07, 6.45) is 4.04. The molecule has 9 heteroatoms. The summed E-state index contributed by atoms with van der Waals surface area (Å²) < 4.78 is 28.5. The lowest BCUT2D eigenvalue weighted by molar-refractivity contribution is -0.113. The Kier molecular flexibility index (Phi) is 6.65. The number of hydrogen-bond donors (Lipinski definition) is 3. The molecule has 0 heterocycles. The molecule has 7 nitrogen and oxygen atoms in total. The fourth-order valence-corrected chi connectivity index (χ4v) is 5.35. The monoisotopic (exact) mass is 498 g/mol. The van der Waals surface area contributed by atoms with E-state index in [9.17, 15) is 23.4 Å². The summed E-state index contributed by atoms with van der Waals surface area (Å²) in [7, 11) is -2.15. The number of carbonyl (C=O) groups excluding carboxylic acids is 1. The molecular weight excluding hydrogens is 476 g/mol. The number of rotatable bonds is 6. The first kappa shape index (κ1) is 23.8. The quantitative estimate of drug-likeness (QED) is 0.353. The van der Waals surface area contributed by atoms with Crippen LogP contribution in [0.15, 0.2) is 71.6 Å². The van der Waals surface area contributed by atoms with E-state index in [-0.39, 0.29) is 27.6 Å². The summed E-state index contributed by atoms with van der Waals surface area (Å²) in [6.45, 7) is 0. The first-order valence-corrected chi connectivity index (χ1v) is 12.4. The van der Waals surface area contributed by atoms with Crippen molar-refractivity contribution in [1.82, 2.24) is 4.72 Å². The topological polar surface area (TPSA) is 107 Å². The molecule has 1 amide bonds. The molecule has 3 aromatic rings. The number of aromatic hydroxyl groups is 2. The predicted molar refractivity (Wildman–Crippen MR) is 132 cm³/mol. The summed E-state index contributed by atoms with van der Waals surface area (Å²) in [4.78, 5) is 14.0. The van der Waals surface area contributed by atoms with Gasteiger partial charge in [-0.15, -0.1) is 0 Å². The maximum Gasteiger partial charge on any atom is 0.250 e. The van der Waals surface area contributed by atoms with Crippen molar-refractivity contribution in [2.75, 3.05) is 11.9 Å². The lowest BCUT2D eigenvalue weighted by atomic mass is 10.1. The van der Waals surface area contributed by atoms with E-state index in [2.05, 4.69) is 4.72 Å². The van der Waals surface area contributed by atoms with Gasteiger partial charge in [0.25, 0.3) is 5.91 Å². The van der Waals surface area contributed by atoms with Gasteiger partial charge in [-0.2, -0.15) is 0 Å². The number of amides is 1. The van der Waals surface area contributed by atoms with Crippen LogP contribution in [-0.4, -0.2) is 37.6 Å². The summed E-state index contributed by atoms with van der Waals surface area (Å²) in [5.41, 5.74) is 3.25. The largest absolute Gasteiger partial charge is 0.504 e. The minimum absolute atomic E-state index is 0.0349. The number of halogens is 1. The van der Waals surface area contributed by atoms with Crippen molar-refractivity contribution in [3.63, 3.8) is 0 Å². The maximum absolute atomic E-state index is 12.8. The van der Waals surface area contributed by atoms with Crippen LogP contribution in [0.5, 0.6) is 11.5 Å². The molecule has 0 aliphatic heterocycles. The first-order valence-electron chi connectivity index (χ1n) is 10.5. The number of benzene rings is 3. The average molecular weight is 499 g/mol. The fraction of sp³-hybridized carbons (Fsp3) is 0.160. The molecule has 176 valence electrons. The molecule has 0 fully saturated rings. The molecule has 0 bridgehead atoms. The second-order valence-corrected chi connectivity index (χ2v) is 10.2. The lowest BCUT2D eigenvalue weighted by Crippen LogP contribution is -2.35. The Morgan fingerprint density at radius 1 is 1.06 bits per heavy atom. The van der Waals surface area contributed by atoms with Crippen LogP contribution in [0.25, 0.3) is 6.08 Å². The summed E-state index contributed by atoms with van der Waals surface area (Å²) >= 11 is 5.83. The molecule has 1 aliphatic rings. The molecule has 1 aliphatic carbocycles. The lowest BCUT2D eigenvalue weighted by Gasteiger charge is -2.17. The first-order chi connectivity index (χ1) is 16.1. The van der Waals surface area contributed by atoms with Crippen molar-refractivity contribution in [2.24, 2.45) is 0 Å². The zero-order valence-electron chi connectivity index (χ0n) is 18.3. The molecule has 34 heavy (non-hydrogen) atoms. The summed E-state index contributed by atoms with van der Waals surface area (Å²) in [5.74, 6) is -1.19. The number of phenols is 2. The number of nitrogens with one attached hydrogen (secondary N) is 1. The number of carbonyl (C=O) groups is 1. The van der Waals surface area contributed by atoms with Gasteiger partial charge in [0.2, 0.25) is 10.0 Å². The smallest absolute Gasteiger partial charge is 0.250 e. The molecule has 0 unspecified atom stereocenters. The molecule has 0 saturated heterocycles.